The molecule has 12 heteroatoms. The smallest absolute Gasteiger partial charge is 0.262 e. The van der Waals surface area contributed by atoms with E-state index in [0.717, 1.165) is 18.9 Å². The Morgan fingerprint density at radius 1 is 1.11 bits per heavy atom. The second-order valence-corrected chi connectivity index (χ2v) is 8.95. The molecule has 5 heterocycles. The molecule has 0 saturated carbocycles. The Labute approximate surface area is 207 Å². The maximum Gasteiger partial charge on any atom is 0.262 e. The number of aliphatic hydroxyl groups is 1. The highest BCUT2D eigenvalue weighted by molar-refractivity contribution is 5.87. The SMILES string of the molecule is CN(C)CCn1nccc1Nc1nccc(-c2cccc(-c3cc([C@]4(O)CCN(C)C4=O)on3)n2)n1. The number of carbonyl (C=O) groups excluding carboxylic acids is 1. The fourth-order valence-corrected chi connectivity index (χ4v) is 3.98. The largest absolute Gasteiger partial charge is 0.373 e. The highest BCUT2D eigenvalue weighted by Gasteiger charge is 2.48. The maximum absolute atomic E-state index is 12.4. The second-order valence-electron chi connectivity index (χ2n) is 8.95. The molecule has 0 spiro atoms. The van der Waals surface area contributed by atoms with Gasteiger partial charge >= 0.3 is 0 Å². The number of rotatable bonds is 8. The quantitative estimate of drug-likeness (QED) is 0.376. The van der Waals surface area contributed by atoms with E-state index >= 15 is 0 Å². The Morgan fingerprint density at radius 2 is 1.89 bits per heavy atom. The highest BCUT2D eigenvalue weighted by Crippen LogP contribution is 2.34. The average Bonchev–Trinajstić information content (AvgIpc) is 3.61. The van der Waals surface area contributed by atoms with Crippen LogP contribution < -0.4 is 5.32 Å². The predicted molar refractivity (Wildman–Crippen MR) is 131 cm³/mol. The molecule has 12 nitrogen and oxygen atoms in total. The minimum Gasteiger partial charge on any atom is -0.373 e. The van der Waals surface area contributed by atoms with Crippen molar-refractivity contribution in [2.75, 3.05) is 39.5 Å². The van der Waals surface area contributed by atoms with Crippen molar-refractivity contribution < 1.29 is 14.4 Å². The molecule has 0 bridgehead atoms. The van der Waals surface area contributed by atoms with E-state index in [1.807, 2.05) is 37.0 Å². The van der Waals surface area contributed by atoms with Gasteiger partial charge in [0.05, 0.1) is 29.8 Å². The molecule has 1 atom stereocenters. The van der Waals surface area contributed by atoms with Crippen molar-refractivity contribution in [2.45, 2.75) is 18.6 Å². The van der Waals surface area contributed by atoms with Crippen molar-refractivity contribution in [1.82, 2.24) is 39.7 Å². The lowest BCUT2D eigenvalue weighted by Gasteiger charge is -2.16. The number of aromatic nitrogens is 6. The summed E-state index contributed by atoms with van der Waals surface area (Å²) in [6.45, 7) is 2.02. The lowest BCUT2D eigenvalue weighted by Crippen LogP contribution is -2.35. The molecule has 1 aliphatic heterocycles. The minimum atomic E-state index is -1.70. The zero-order valence-corrected chi connectivity index (χ0v) is 20.3. The fraction of sp³-hybridized carbons (Fsp3) is 0.333. The summed E-state index contributed by atoms with van der Waals surface area (Å²) in [5, 5.41) is 22.5. The van der Waals surface area contributed by atoms with Crippen LogP contribution in [-0.2, 0) is 16.9 Å². The molecule has 1 amide bonds. The van der Waals surface area contributed by atoms with Crippen molar-refractivity contribution in [3.63, 3.8) is 0 Å². The molecule has 36 heavy (non-hydrogen) atoms. The summed E-state index contributed by atoms with van der Waals surface area (Å²) in [6, 6.07) is 10.6. The number of amides is 1. The molecule has 0 aliphatic carbocycles. The molecule has 5 rings (SSSR count). The van der Waals surface area contributed by atoms with Gasteiger partial charge in [0.15, 0.2) is 5.76 Å². The third-order valence-corrected chi connectivity index (χ3v) is 6.07. The third-order valence-electron chi connectivity index (χ3n) is 6.07. The number of carbonyl (C=O) groups is 1. The van der Waals surface area contributed by atoms with E-state index in [4.69, 9.17) is 4.52 Å². The summed E-state index contributed by atoms with van der Waals surface area (Å²) in [4.78, 5) is 29.6. The Kier molecular flexibility index (Phi) is 6.20. The van der Waals surface area contributed by atoms with Crippen LogP contribution in [0.1, 0.15) is 12.2 Å². The van der Waals surface area contributed by atoms with Gasteiger partial charge in [-0.15, -0.1) is 0 Å². The van der Waals surface area contributed by atoms with Crippen molar-refractivity contribution in [2.24, 2.45) is 0 Å². The monoisotopic (exact) mass is 489 g/mol. The summed E-state index contributed by atoms with van der Waals surface area (Å²) in [6.07, 6.45) is 3.63. The summed E-state index contributed by atoms with van der Waals surface area (Å²) in [5.41, 5.74) is 0.464. The summed E-state index contributed by atoms with van der Waals surface area (Å²) in [7, 11) is 5.67. The van der Waals surface area contributed by atoms with Crippen LogP contribution in [0, 0.1) is 0 Å². The zero-order chi connectivity index (χ0) is 25.3. The van der Waals surface area contributed by atoms with E-state index in [-0.39, 0.29) is 12.2 Å². The lowest BCUT2D eigenvalue weighted by atomic mass is 9.98. The molecule has 2 N–H and O–H groups in total. The number of hydrogen-bond donors (Lipinski definition) is 2. The fourth-order valence-electron chi connectivity index (χ4n) is 3.98. The van der Waals surface area contributed by atoms with Gasteiger partial charge in [-0.3, -0.25) is 4.79 Å². The maximum atomic E-state index is 12.4. The van der Waals surface area contributed by atoms with Crippen LogP contribution in [0.5, 0.6) is 0 Å². The van der Waals surface area contributed by atoms with Crippen molar-refractivity contribution in [3.05, 3.63) is 54.6 Å². The molecule has 1 fully saturated rings. The van der Waals surface area contributed by atoms with Gasteiger partial charge in [0, 0.05) is 44.9 Å². The van der Waals surface area contributed by atoms with E-state index in [1.165, 1.54) is 4.90 Å². The highest BCUT2D eigenvalue weighted by atomic mass is 16.5. The van der Waals surface area contributed by atoms with E-state index < -0.39 is 11.5 Å². The molecule has 4 aromatic heterocycles. The first-order chi connectivity index (χ1) is 17.3. The molecule has 0 aromatic carbocycles. The summed E-state index contributed by atoms with van der Waals surface area (Å²) < 4.78 is 7.22. The molecular formula is C24H27N9O3. The van der Waals surface area contributed by atoms with Crippen molar-refractivity contribution in [3.8, 4) is 22.8 Å². The summed E-state index contributed by atoms with van der Waals surface area (Å²) >= 11 is 0. The van der Waals surface area contributed by atoms with Crippen LogP contribution in [0.15, 0.2) is 53.3 Å². The third kappa shape index (κ3) is 4.55. The van der Waals surface area contributed by atoms with Crippen LogP contribution in [0.4, 0.5) is 11.8 Å². The normalized spacial score (nSPS) is 17.8. The first-order valence-corrected chi connectivity index (χ1v) is 11.5. The van der Waals surface area contributed by atoms with E-state index in [9.17, 15) is 9.90 Å². The van der Waals surface area contributed by atoms with Gasteiger partial charge in [0.25, 0.3) is 5.91 Å². The molecule has 4 aromatic rings. The Balaban J connectivity index is 1.37. The van der Waals surface area contributed by atoms with Crippen LogP contribution in [0.25, 0.3) is 22.8 Å². The number of pyridine rings is 1. The van der Waals surface area contributed by atoms with Crippen molar-refractivity contribution in [1.29, 1.82) is 0 Å². The number of hydrogen-bond acceptors (Lipinski definition) is 10. The molecule has 1 aliphatic rings. The molecule has 186 valence electrons. The van der Waals surface area contributed by atoms with Crippen LogP contribution in [0.2, 0.25) is 0 Å². The number of nitrogens with zero attached hydrogens (tertiary/aromatic N) is 8. The van der Waals surface area contributed by atoms with E-state index in [2.05, 4.69) is 35.4 Å². The predicted octanol–water partition coefficient (Wildman–Crippen LogP) is 1.74. The first kappa shape index (κ1) is 23.6. The Bertz CT molecular complexity index is 1380. The van der Waals surface area contributed by atoms with Crippen LogP contribution >= 0.6 is 0 Å². The number of anilines is 2. The number of nitrogens with one attached hydrogen (secondary N) is 1. The Morgan fingerprint density at radius 3 is 2.64 bits per heavy atom. The van der Waals surface area contributed by atoms with Crippen LogP contribution in [-0.4, -0.2) is 84.9 Å². The molecule has 0 unspecified atom stereocenters. The zero-order valence-electron chi connectivity index (χ0n) is 20.3. The summed E-state index contributed by atoms with van der Waals surface area (Å²) in [5.74, 6) is 0.909. The van der Waals surface area contributed by atoms with Gasteiger partial charge in [0.1, 0.15) is 11.5 Å². The Hall–Kier alpha value is -4.16. The van der Waals surface area contributed by atoms with Crippen LogP contribution in [0.3, 0.4) is 0 Å². The molecule has 0 radical (unpaired) electrons. The number of likely N-dealkylation sites (N-methyl/N-ethyl adjacent to an activating group) is 2. The molecular weight excluding hydrogens is 462 g/mol. The van der Waals surface area contributed by atoms with Crippen molar-refractivity contribution >= 4 is 17.7 Å². The van der Waals surface area contributed by atoms with E-state index in [1.54, 1.807) is 37.6 Å². The second kappa shape index (κ2) is 9.47. The molecule has 1 saturated heterocycles. The standard InChI is InChI=1S/C24H27N9O3/c1-31(2)13-14-33-21(8-11-26-33)29-23-25-10-7-18(28-23)16-5-4-6-17(27-16)19-15-20(36-30-19)24(35)9-12-32(3)22(24)34/h4-8,10-11,15,35H,9,12-14H2,1-3H3,(H,25,28,29)/t24-/m1/s1. The number of likely N-dealkylation sites (tertiary alicyclic amines) is 1. The topological polar surface area (TPSA) is 138 Å². The average molecular weight is 490 g/mol. The van der Waals surface area contributed by atoms with Gasteiger partial charge < -0.3 is 24.7 Å². The van der Waals surface area contributed by atoms with Gasteiger partial charge in [-0.05, 0) is 32.3 Å². The van der Waals surface area contributed by atoms with Gasteiger partial charge in [-0.1, -0.05) is 11.2 Å². The van der Waals surface area contributed by atoms with Gasteiger partial charge in [-0.25, -0.2) is 19.6 Å². The lowest BCUT2D eigenvalue weighted by molar-refractivity contribution is -0.144. The van der Waals surface area contributed by atoms with Gasteiger partial charge in [0.2, 0.25) is 11.5 Å². The minimum absolute atomic E-state index is 0.110. The first-order valence-electron chi connectivity index (χ1n) is 11.5. The van der Waals surface area contributed by atoms with E-state index in [0.29, 0.717) is 35.3 Å². The van der Waals surface area contributed by atoms with Gasteiger partial charge in [-0.2, -0.15) is 5.10 Å².